The Morgan fingerprint density at radius 2 is 2.25 bits per heavy atom. The van der Waals surface area contributed by atoms with Gasteiger partial charge in [0.2, 0.25) is 5.91 Å². The fourth-order valence-electron chi connectivity index (χ4n) is 2.54. The normalized spacial score (nSPS) is 21.8. The van der Waals surface area contributed by atoms with Gasteiger partial charge in [-0.05, 0) is 37.1 Å². The van der Waals surface area contributed by atoms with Gasteiger partial charge in [-0.3, -0.25) is 4.79 Å². The third kappa shape index (κ3) is 3.73. The lowest BCUT2D eigenvalue weighted by Crippen LogP contribution is -2.38. The van der Waals surface area contributed by atoms with Gasteiger partial charge < -0.3 is 15.0 Å². The molecule has 0 saturated carbocycles. The highest BCUT2D eigenvalue weighted by Crippen LogP contribution is 2.18. The molecule has 0 aromatic heterocycles. The van der Waals surface area contributed by atoms with Crippen molar-refractivity contribution in [3.05, 3.63) is 29.8 Å². The number of likely N-dealkylation sites (N-methyl/N-ethyl adjacent to an activating group) is 1. The summed E-state index contributed by atoms with van der Waals surface area (Å²) in [5.74, 6) is 1.61. The lowest BCUT2D eigenvalue weighted by molar-refractivity contribution is -0.134. The van der Waals surface area contributed by atoms with E-state index in [0.717, 1.165) is 18.8 Å². The van der Waals surface area contributed by atoms with Gasteiger partial charge in [0.25, 0.3) is 0 Å². The van der Waals surface area contributed by atoms with E-state index in [4.69, 9.17) is 4.74 Å². The molecule has 0 spiro atoms. The van der Waals surface area contributed by atoms with Gasteiger partial charge in [-0.25, -0.2) is 0 Å². The molecular formula is C16H24N2O2. The van der Waals surface area contributed by atoms with Crippen LogP contribution in [0.4, 0.5) is 0 Å². The van der Waals surface area contributed by atoms with Gasteiger partial charge in [0.05, 0.1) is 12.5 Å². The molecule has 1 aromatic carbocycles. The average molecular weight is 276 g/mol. The molecule has 1 saturated heterocycles. The van der Waals surface area contributed by atoms with Gasteiger partial charge >= 0.3 is 0 Å². The van der Waals surface area contributed by atoms with E-state index < -0.39 is 0 Å². The summed E-state index contributed by atoms with van der Waals surface area (Å²) in [4.78, 5) is 14.1. The van der Waals surface area contributed by atoms with Gasteiger partial charge in [-0.1, -0.05) is 19.1 Å². The smallest absolute Gasteiger partial charge is 0.227 e. The topological polar surface area (TPSA) is 41.6 Å². The zero-order valence-corrected chi connectivity index (χ0v) is 12.6. The van der Waals surface area contributed by atoms with Crippen LogP contribution in [0, 0.1) is 18.8 Å². The third-order valence-electron chi connectivity index (χ3n) is 3.90. The Kier molecular flexibility index (Phi) is 5.01. The first-order chi connectivity index (χ1) is 9.58. The van der Waals surface area contributed by atoms with Crippen molar-refractivity contribution in [1.29, 1.82) is 0 Å². The number of ether oxygens (including phenoxy) is 1. The fourth-order valence-corrected chi connectivity index (χ4v) is 2.54. The van der Waals surface area contributed by atoms with E-state index in [-0.39, 0.29) is 11.8 Å². The molecule has 110 valence electrons. The van der Waals surface area contributed by atoms with E-state index in [1.165, 1.54) is 5.56 Å². The third-order valence-corrected chi connectivity index (χ3v) is 3.90. The number of benzene rings is 1. The Balaban J connectivity index is 1.77. The number of carbonyl (C=O) groups is 1. The molecule has 1 amide bonds. The minimum atomic E-state index is 0.110. The number of amides is 1. The summed E-state index contributed by atoms with van der Waals surface area (Å²) >= 11 is 0. The van der Waals surface area contributed by atoms with Crippen LogP contribution in [-0.4, -0.2) is 44.1 Å². The van der Waals surface area contributed by atoms with Crippen molar-refractivity contribution in [3.63, 3.8) is 0 Å². The van der Waals surface area contributed by atoms with Gasteiger partial charge in [0.1, 0.15) is 12.4 Å². The molecule has 1 fully saturated rings. The molecule has 20 heavy (non-hydrogen) atoms. The molecule has 0 bridgehead atoms. The van der Waals surface area contributed by atoms with Crippen LogP contribution in [0.15, 0.2) is 24.3 Å². The largest absolute Gasteiger partial charge is 0.492 e. The summed E-state index contributed by atoms with van der Waals surface area (Å²) in [7, 11) is 1.85. The van der Waals surface area contributed by atoms with Gasteiger partial charge in [0.15, 0.2) is 0 Å². The molecule has 0 radical (unpaired) electrons. The molecule has 2 unspecified atom stereocenters. The number of rotatable bonds is 5. The summed E-state index contributed by atoms with van der Waals surface area (Å²) < 4.78 is 5.69. The number of hydrogen-bond acceptors (Lipinski definition) is 3. The van der Waals surface area contributed by atoms with Crippen molar-refractivity contribution in [2.45, 2.75) is 13.8 Å². The first-order valence-corrected chi connectivity index (χ1v) is 7.23. The number of carbonyl (C=O) groups excluding carboxylic acids is 1. The van der Waals surface area contributed by atoms with E-state index in [2.05, 4.69) is 12.2 Å². The van der Waals surface area contributed by atoms with E-state index in [9.17, 15) is 4.79 Å². The van der Waals surface area contributed by atoms with Gasteiger partial charge in [-0.15, -0.1) is 0 Å². The van der Waals surface area contributed by atoms with Crippen LogP contribution in [0.3, 0.4) is 0 Å². The fraction of sp³-hybridized carbons (Fsp3) is 0.562. The molecular weight excluding hydrogens is 252 g/mol. The Bertz CT molecular complexity index is 462. The van der Waals surface area contributed by atoms with E-state index in [1.807, 2.05) is 38.2 Å². The van der Waals surface area contributed by atoms with Crippen molar-refractivity contribution in [2.75, 3.05) is 33.3 Å². The van der Waals surface area contributed by atoms with E-state index in [0.29, 0.717) is 19.1 Å². The van der Waals surface area contributed by atoms with Crippen molar-refractivity contribution in [2.24, 2.45) is 11.8 Å². The van der Waals surface area contributed by atoms with Crippen LogP contribution in [-0.2, 0) is 4.79 Å². The van der Waals surface area contributed by atoms with Crippen LogP contribution in [0.25, 0.3) is 0 Å². The van der Waals surface area contributed by atoms with Crippen molar-refractivity contribution in [1.82, 2.24) is 10.2 Å². The second kappa shape index (κ2) is 6.75. The summed E-state index contributed by atoms with van der Waals surface area (Å²) in [5, 5.41) is 3.27. The number of nitrogens with one attached hydrogen (secondary N) is 1. The molecule has 1 aliphatic heterocycles. The van der Waals surface area contributed by atoms with E-state index in [1.54, 1.807) is 4.90 Å². The monoisotopic (exact) mass is 276 g/mol. The number of hydrogen-bond donors (Lipinski definition) is 1. The predicted molar refractivity (Wildman–Crippen MR) is 79.8 cm³/mol. The second-order valence-corrected chi connectivity index (χ2v) is 5.67. The minimum absolute atomic E-state index is 0.110. The SMILES string of the molecule is Cc1cccc(OCCN(C)C(=O)C2CNCC2C)c1. The zero-order chi connectivity index (χ0) is 14.5. The van der Waals surface area contributed by atoms with Crippen molar-refractivity contribution < 1.29 is 9.53 Å². The van der Waals surface area contributed by atoms with Crippen molar-refractivity contribution in [3.8, 4) is 5.75 Å². The Hall–Kier alpha value is -1.55. The summed E-state index contributed by atoms with van der Waals surface area (Å²) in [5.41, 5.74) is 1.18. The minimum Gasteiger partial charge on any atom is -0.492 e. The van der Waals surface area contributed by atoms with Gasteiger partial charge in [-0.2, -0.15) is 0 Å². The Labute approximate surface area is 121 Å². The Morgan fingerprint density at radius 3 is 2.90 bits per heavy atom. The Morgan fingerprint density at radius 1 is 1.45 bits per heavy atom. The molecule has 2 atom stereocenters. The summed E-state index contributed by atoms with van der Waals surface area (Å²) in [6.07, 6.45) is 0. The predicted octanol–water partition coefficient (Wildman–Crippen LogP) is 1.69. The van der Waals surface area contributed by atoms with Crippen LogP contribution in [0.2, 0.25) is 0 Å². The maximum absolute atomic E-state index is 12.3. The molecule has 4 heteroatoms. The lowest BCUT2D eigenvalue weighted by atomic mass is 9.97. The molecule has 0 aliphatic carbocycles. The maximum atomic E-state index is 12.3. The highest BCUT2D eigenvalue weighted by molar-refractivity contribution is 5.79. The van der Waals surface area contributed by atoms with Crippen LogP contribution in [0.1, 0.15) is 12.5 Å². The van der Waals surface area contributed by atoms with Gasteiger partial charge in [0, 0.05) is 13.6 Å². The van der Waals surface area contributed by atoms with E-state index >= 15 is 0 Å². The number of nitrogens with zero attached hydrogens (tertiary/aromatic N) is 1. The van der Waals surface area contributed by atoms with Crippen molar-refractivity contribution >= 4 is 5.91 Å². The summed E-state index contributed by atoms with van der Waals surface area (Å²) in [6.45, 7) is 7.04. The second-order valence-electron chi connectivity index (χ2n) is 5.67. The quantitative estimate of drug-likeness (QED) is 0.890. The highest BCUT2D eigenvalue weighted by Gasteiger charge is 2.31. The number of aryl methyl sites for hydroxylation is 1. The molecule has 1 aliphatic rings. The molecule has 1 aromatic rings. The molecule has 1 heterocycles. The van der Waals surface area contributed by atoms with Crippen LogP contribution in [0.5, 0.6) is 5.75 Å². The van der Waals surface area contributed by atoms with Crippen LogP contribution < -0.4 is 10.1 Å². The highest BCUT2D eigenvalue weighted by atomic mass is 16.5. The average Bonchev–Trinajstić information content (AvgIpc) is 2.84. The summed E-state index contributed by atoms with van der Waals surface area (Å²) in [6, 6.07) is 7.96. The standard InChI is InChI=1S/C16H24N2O2/c1-12-5-4-6-14(9-12)20-8-7-18(3)16(19)15-11-17-10-13(15)2/h4-6,9,13,15,17H,7-8,10-11H2,1-3H3. The molecule has 2 rings (SSSR count). The first-order valence-electron chi connectivity index (χ1n) is 7.23. The zero-order valence-electron chi connectivity index (χ0n) is 12.6. The first kappa shape index (κ1) is 14.9. The lowest BCUT2D eigenvalue weighted by Gasteiger charge is -2.23. The molecule has 1 N–H and O–H groups in total. The maximum Gasteiger partial charge on any atom is 0.227 e. The van der Waals surface area contributed by atoms with Crippen LogP contribution >= 0.6 is 0 Å². The molecule has 4 nitrogen and oxygen atoms in total.